The molecule has 1 aliphatic rings. The lowest BCUT2D eigenvalue weighted by molar-refractivity contribution is -0.120. The maximum atomic E-state index is 12.4. The van der Waals surface area contributed by atoms with Crippen LogP contribution in [0.3, 0.4) is 0 Å². The Bertz CT molecular complexity index is 835. The van der Waals surface area contributed by atoms with Crippen LogP contribution in [-0.2, 0) is 11.3 Å². The van der Waals surface area contributed by atoms with Crippen LogP contribution in [0.2, 0.25) is 0 Å². The summed E-state index contributed by atoms with van der Waals surface area (Å²) in [6.07, 6.45) is 5.50. The number of carbonyl (C=O) groups excluding carboxylic acids is 1. The van der Waals surface area contributed by atoms with Gasteiger partial charge in [0.05, 0.1) is 19.3 Å². The summed E-state index contributed by atoms with van der Waals surface area (Å²) in [6, 6.07) is 15.3. The van der Waals surface area contributed by atoms with Crippen LogP contribution >= 0.6 is 24.0 Å². The van der Waals surface area contributed by atoms with E-state index in [0.717, 1.165) is 42.6 Å². The highest BCUT2D eigenvalue weighted by atomic mass is 127. The fourth-order valence-electron chi connectivity index (χ4n) is 3.46. The fourth-order valence-corrected chi connectivity index (χ4v) is 3.46. The second-order valence-electron chi connectivity index (χ2n) is 7.05. The number of methoxy groups -OCH3 is 1. The Morgan fingerprint density at radius 3 is 2.62 bits per heavy atom. The Kier molecular flexibility index (Phi) is 9.24. The highest BCUT2D eigenvalue weighted by Crippen LogP contribution is 2.25. The third-order valence-corrected chi connectivity index (χ3v) is 4.97. The van der Waals surface area contributed by atoms with Crippen LogP contribution in [0.1, 0.15) is 37.7 Å². The number of benzene rings is 2. The number of ether oxygens (including phenoxy) is 1. The van der Waals surface area contributed by atoms with Crippen LogP contribution in [0.4, 0.5) is 11.4 Å². The zero-order valence-corrected chi connectivity index (χ0v) is 19.0. The molecule has 29 heavy (non-hydrogen) atoms. The molecule has 2 aromatic rings. The van der Waals surface area contributed by atoms with E-state index in [0.29, 0.717) is 18.3 Å². The van der Waals surface area contributed by atoms with Gasteiger partial charge in [-0.3, -0.25) is 4.79 Å². The molecule has 4 N–H and O–H groups in total. The molecule has 6 nitrogen and oxygen atoms in total. The van der Waals surface area contributed by atoms with E-state index in [2.05, 4.69) is 15.6 Å². The standard InChI is InChI=1S/C22H28N4O2.HI/c1-28-20-13-6-5-12-19(20)26-22(23)24-15-16-8-7-11-18(14-16)25-21(27)17-9-3-2-4-10-17;/h5-8,11-14,17H,2-4,9-10,15H2,1H3,(H,25,27)(H3,23,24,26);1H. The van der Waals surface area contributed by atoms with E-state index in [1.807, 2.05) is 48.5 Å². The molecule has 0 unspecified atom stereocenters. The number of hydrogen-bond acceptors (Lipinski definition) is 3. The summed E-state index contributed by atoms with van der Waals surface area (Å²) < 4.78 is 5.30. The van der Waals surface area contributed by atoms with Gasteiger partial charge < -0.3 is 21.1 Å². The van der Waals surface area contributed by atoms with Crippen LogP contribution < -0.4 is 21.1 Å². The summed E-state index contributed by atoms with van der Waals surface area (Å²) >= 11 is 0. The third-order valence-electron chi connectivity index (χ3n) is 4.97. The van der Waals surface area contributed by atoms with Gasteiger partial charge in [0.15, 0.2) is 5.96 Å². The Morgan fingerprint density at radius 1 is 1.10 bits per heavy atom. The summed E-state index contributed by atoms with van der Waals surface area (Å²) in [5.41, 5.74) is 8.55. The number of hydrogen-bond donors (Lipinski definition) is 3. The van der Waals surface area contributed by atoms with Crippen molar-refractivity contribution >= 4 is 47.2 Å². The molecular weight excluding hydrogens is 479 g/mol. The molecule has 0 radical (unpaired) electrons. The quantitative estimate of drug-likeness (QED) is 0.298. The molecule has 0 bridgehead atoms. The molecule has 0 aromatic heterocycles. The van der Waals surface area contributed by atoms with Gasteiger partial charge in [-0.2, -0.15) is 0 Å². The van der Waals surface area contributed by atoms with Crippen LogP contribution in [0.25, 0.3) is 0 Å². The number of anilines is 2. The summed E-state index contributed by atoms with van der Waals surface area (Å²) in [4.78, 5) is 16.8. The van der Waals surface area contributed by atoms with Crippen molar-refractivity contribution in [3.8, 4) is 5.75 Å². The van der Waals surface area contributed by atoms with Crippen molar-refractivity contribution in [3.05, 3.63) is 54.1 Å². The monoisotopic (exact) mass is 508 g/mol. The molecule has 0 saturated heterocycles. The zero-order valence-electron chi connectivity index (χ0n) is 16.7. The molecular formula is C22H29IN4O2. The molecule has 0 aliphatic heterocycles. The smallest absolute Gasteiger partial charge is 0.227 e. The van der Waals surface area contributed by atoms with Gasteiger partial charge in [-0.25, -0.2) is 4.99 Å². The summed E-state index contributed by atoms with van der Waals surface area (Å²) in [5, 5.41) is 6.10. The highest BCUT2D eigenvalue weighted by molar-refractivity contribution is 14.0. The third kappa shape index (κ3) is 6.92. The lowest BCUT2D eigenvalue weighted by atomic mass is 9.88. The average Bonchev–Trinajstić information content (AvgIpc) is 2.73. The van der Waals surface area contributed by atoms with Crippen molar-refractivity contribution in [2.75, 3.05) is 17.7 Å². The molecule has 2 aromatic carbocycles. The van der Waals surface area contributed by atoms with Crippen molar-refractivity contribution in [3.63, 3.8) is 0 Å². The fraction of sp³-hybridized carbons (Fsp3) is 0.364. The van der Waals surface area contributed by atoms with Gasteiger partial charge in [-0.15, -0.1) is 24.0 Å². The summed E-state index contributed by atoms with van der Waals surface area (Å²) in [7, 11) is 1.61. The van der Waals surface area contributed by atoms with E-state index in [1.165, 1.54) is 6.42 Å². The van der Waals surface area contributed by atoms with Gasteiger partial charge >= 0.3 is 0 Å². The lowest BCUT2D eigenvalue weighted by Gasteiger charge is -2.20. The number of carbonyl (C=O) groups is 1. The normalized spacial score (nSPS) is 14.6. The Hall–Kier alpha value is -2.29. The Balaban J connectivity index is 0.00000300. The molecule has 1 saturated carbocycles. The maximum absolute atomic E-state index is 12.4. The first-order valence-electron chi connectivity index (χ1n) is 9.75. The van der Waals surface area contributed by atoms with Crippen LogP contribution in [-0.4, -0.2) is 19.0 Å². The minimum Gasteiger partial charge on any atom is -0.495 e. The first-order valence-corrected chi connectivity index (χ1v) is 9.75. The largest absolute Gasteiger partial charge is 0.495 e. The highest BCUT2D eigenvalue weighted by Gasteiger charge is 2.20. The number of rotatable bonds is 6. The van der Waals surface area contributed by atoms with Crippen molar-refractivity contribution in [1.29, 1.82) is 0 Å². The predicted octanol–water partition coefficient (Wildman–Crippen LogP) is 4.76. The molecule has 7 heteroatoms. The number of nitrogens with two attached hydrogens (primary N) is 1. The zero-order chi connectivity index (χ0) is 19.8. The second kappa shape index (κ2) is 11.6. The number of guanidine groups is 1. The Morgan fingerprint density at radius 2 is 1.86 bits per heavy atom. The summed E-state index contributed by atoms with van der Waals surface area (Å²) in [5.74, 6) is 1.27. The number of aliphatic imine (C=N–C) groups is 1. The second-order valence-corrected chi connectivity index (χ2v) is 7.05. The van der Waals surface area contributed by atoms with Gasteiger partial charge in [-0.1, -0.05) is 43.5 Å². The molecule has 0 atom stereocenters. The molecule has 1 amide bonds. The lowest BCUT2D eigenvalue weighted by Crippen LogP contribution is -2.24. The molecule has 0 heterocycles. The van der Waals surface area contributed by atoms with E-state index >= 15 is 0 Å². The predicted molar refractivity (Wildman–Crippen MR) is 129 cm³/mol. The number of nitrogens with zero attached hydrogens (tertiary/aromatic N) is 1. The van der Waals surface area contributed by atoms with E-state index < -0.39 is 0 Å². The van der Waals surface area contributed by atoms with Gasteiger partial charge in [-0.05, 0) is 42.7 Å². The molecule has 156 valence electrons. The van der Waals surface area contributed by atoms with Crippen LogP contribution in [0.5, 0.6) is 5.75 Å². The first-order chi connectivity index (χ1) is 13.7. The van der Waals surface area contributed by atoms with E-state index in [1.54, 1.807) is 7.11 Å². The van der Waals surface area contributed by atoms with Gasteiger partial charge in [0.25, 0.3) is 0 Å². The number of amides is 1. The number of para-hydroxylation sites is 2. The van der Waals surface area contributed by atoms with E-state index in [9.17, 15) is 4.79 Å². The van der Waals surface area contributed by atoms with Gasteiger partial charge in [0, 0.05) is 11.6 Å². The van der Waals surface area contributed by atoms with E-state index in [-0.39, 0.29) is 35.8 Å². The van der Waals surface area contributed by atoms with Crippen LogP contribution in [0.15, 0.2) is 53.5 Å². The van der Waals surface area contributed by atoms with Crippen molar-refractivity contribution in [1.82, 2.24) is 0 Å². The van der Waals surface area contributed by atoms with Crippen LogP contribution in [0, 0.1) is 5.92 Å². The van der Waals surface area contributed by atoms with Gasteiger partial charge in [0.2, 0.25) is 5.91 Å². The van der Waals surface area contributed by atoms with Crippen molar-refractivity contribution in [2.45, 2.75) is 38.6 Å². The topological polar surface area (TPSA) is 88.7 Å². The minimum atomic E-state index is 0. The first kappa shape index (κ1) is 23.0. The molecule has 0 spiro atoms. The average molecular weight is 508 g/mol. The SMILES string of the molecule is COc1ccccc1NC(N)=NCc1cccc(NC(=O)C2CCCCC2)c1.I. The maximum Gasteiger partial charge on any atom is 0.227 e. The van der Waals surface area contributed by atoms with Crippen molar-refractivity contribution in [2.24, 2.45) is 16.6 Å². The van der Waals surface area contributed by atoms with Crippen molar-refractivity contribution < 1.29 is 9.53 Å². The van der Waals surface area contributed by atoms with E-state index in [4.69, 9.17) is 10.5 Å². The molecule has 1 aliphatic carbocycles. The Labute approximate surface area is 189 Å². The van der Waals surface area contributed by atoms with Gasteiger partial charge in [0.1, 0.15) is 5.75 Å². The molecule has 3 rings (SSSR count). The molecule has 1 fully saturated rings. The number of halogens is 1. The number of nitrogens with one attached hydrogen (secondary N) is 2. The minimum absolute atomic E-state index is 0. The summed E-state index contributed by atoms with van der Waals surface area (Å²) in [6.45, 7) is 0.418.